The molecule has 8 N–H and O–H groups in total. The summed E-state index contributed by atoms with van der Waals surface area (Å²) in [7, 11) is 0. The first kappa shape index (κ1) is 58.1. The van der Waals surface area contributed by atoms with Crippen LogP contribution in [0, 0.1) is 23.7 Å². The molecule has 1 spiro atoms. The zero-order valence-electron chi connectivity index (χ0n) is 45.0. The van der Waals surface area contributed by atoms with Gasteiger partial charge in [0, 0.05) is 35.4 Å². The molecular weight excluding hydrogens is 969 g/mol. The van der Waals surface area contributed by atoms with Gasteiger partial charge in [0.1, 0.15) is 36.9 Å². The molecule has 1 aliphatic carbocycles. The minimum Gasteiger partial charge on any atom is -0.462 e. The number of carbonyl (C=O) groups is 7. The van der Waals surface area contributed by atoms with Crippen LogP contribution in [0.5, 0.6) is 0 Å². The second kappa shape index (κ2) is 26.0. The number of rotatable bonds is 26. The number of thioether (sulfide) groups is 1. The lowest BCUT2D eigenvalue weighted by Crippen LogP contribution is -2.57. The maximum absolute atomic E-state index is 14.2. The summed E-state index contributed by atoms with van der Waals surface area (Å²) in [6.07, 6.45) is 9.23. The molecule has 1 aromatic heterocycles. The molecule has 19 nitrogen and oxygen atoms in total. The topological polar surface area (TPSA) is 263 Å². The van der Waals surface area contributed by atoms with Gasteiger partial charge >= 0.3 is 12.1 Å². The van der Waals surface area contributed by atoms with E-state index in [1.807, 2.05) is 58.2 Å². The van der Waals surface area contributed by atoms with Crippen molar-refractivity contribution >= 4 is 64.3 Å². The number of alkyl carbamates (subject to hydrolysis) is 1. The molecule has 2 unspecified atom stereocenters. The van der Waals surface area contributed by atoms with Crippen LogP contribution in [0.3, 0.4) is 0 Å². The number of aromatic amines is 1. The predicted octanol–water partition coefficient (Wildman–Crippen LogP) is 4.33. The zero-order chi connectivity index (χ0) is 53.9. The highest BCUT2D eigenvalue weighted by Gasteiger charge is 2.71. The van der Waals surface area contributed by atoms with E-state index >= 15 is 0 Å². The van der Waals surface area contributed by atoms with Crippen molar-refractivity contribution in [3.05, 3.63) is 47.7 Å². The van der Waals surface area contributed by atoms with Crippen LogP contribution >= 0.6 is 11.8 Å². The second-order valence-electron chi connectivity index (χ2n) is 21.9. The number of esters is 1. The maximum Gasteiger partial charge on any atom is 0.407 e. The van der Waals surface area contributed by atoms with E-state index in [0.717, 1.165) is 42.3 Å². The Morgan fingerprint density at radius 3 is 2.31 bits per heavy atom. The van der Waals surface area contributed by atoms with Gasteiger partial charge in [0.05, 0.1) is 42.5 Å². The van der Waals surface area contributed by atoms with Crippen LogP contribution in [0.15, 0.2) is 42.1 Å². The number of amides is 6. The van der Waals surface area contributed by atoms with Crippen molar-refractivity contribution in [2.75, 3.05) is 38.3 Å². The molecule has 1 saturated carbocycles. The minimum atomic E-state index is -1.21. The van der Waals surface area contributed by atoms with Crippen molar-refractivity contribution in [2.24, 2.45) is 23.7 Å². The lowest BCUT2D eigenvalue weighted by atomic mass is 9.64. The van der Waals surface area contributed by atoms with Gasteiger partial charge in [-0.2, -0.15) is 11.8 Å². The Morgan fingerprint density at radius 2 is 1.65 bits per heavy atom. The Bertz CT molecular complexity index is 2330. The van der Waals surface area contributed by atoms with Gasteiger partial charge in [0.25, 0.3) is 0 Å². The summed E-state index contributed by atoms with van der Waals surface area (Å²) in [6.45, 7) is 18.2. The van der Waals surface area contributed by atoms with E-state index in [4.69, 9.17) is 18.9 Å². The molecule has 4 aliphatic rings. The zero-order valence-corrected chi connectivity index (χ0v) is 45.8. The number of hydrogen-bond donors (Lipinski definition) is 8. The molecule has 74 heavy (non-hydrogen) atoms. The molecular formula is C54H82N8O11S. The SMILES string of the molecule is CSCC[C@H](NC(=O)CNC(=O)[C@H](CC(C)C)NC(=O)[C@@H]1CCCN1)C(=O)N[C@@H](Cc1c[nH]c2ccccc12)C(=O)N[C@@H](C)C(=O)OC[C@H](NC(=O)O[C@@H]1CC[C@]2(CO2)C(C2(C)O[C@@H]2CC=C(C)C)[C@@H]1C)C(C)C. The van der Waals surface area contributed by atoms with Crippen LogP contribution in [0.4, 0.5) is 4.79 Å². The van der Waals surface area contributed by atoms with Crippen LogP contribution < -0.4 is 37.2 Å². The summed E-state index contributed by atoms with van der Waals surface area (Å²) in [4.78, 5) is 98.2. The van der Waals surface area contributed by atoms with E-state index in [-0.39, 0.29) is 78.5 Å². The van der Waals surface area contributed by atoms with Crippen LogP contribution in [-0.2, 0) is 54.1 Å². The fourth-order valence-electron chi connectivity index (χ4n) is 10.6. The first-order chi connectivity index (χ1) is 35.1. The summed E-state index contributed by atoms with van der Waals surface area (Å²) in [5.41, 5.74) is 2.13. The van der Waals surface area contributed by atoms with Gasteiger partial charge in [-0.25, -0.2) is 9.59 Å². The average molecular weight is 1050 g/mol. The third kappa shape index (κ3) is 15.5. The monoisotopic (exact) mass is 1050 g/mol. The maximum atomic E-state index is 14.2. The van der Waals surface area contributed by atoms with Crippen LogP contribution in [-0.4, -0.2) is 145 Å². The second-order valence-corrected chi connectivity index (χ2v) is 22.9. The third-order valence-electron chi connectivity index (χ3n) is 15.0. The predicted molar refractivity (Wildman–Crippen MR) is 283 cm³/mol. The summed E-state index contributed by atoms with van der Waals surface area (Å²) in [5.74, 6) is -3.07. The molecule has 3 saturated heterocycles. The summed E-state index contributed by atoms with van der Waals surface area (Å²) in [6, 6.07) is 2.20. The minimum absolute atomic E-state index is 0.0283. The van der Waals surface area contributed by atoms with Crippen molar-refractivity contribution in [3.63, 3.8) is 0 Å². The Kier molecular flexibility index (Phi) is 20.4. The lowest BCUT2D eigenvalue weighted by molar-refractivity contribution is -0.148. The first-order valence-corrected chi connectivity index (χ1v) is 27.9. The van der Waals surface area contributed by atoms with Crippen molar-refractivity contribution in [1.29, 1.82) is 0 Å². The number of H-pyrrole nitrogens is 1. The number of epoxide rings is 2. The van der Waals surface area contributed by atoms with Gasteiger partial charge in [-0.15, -0.1) is 0 Å². The van der Waals surface area contributed by atoms with Gasteiger partial charge in [-0.3, -0.25) is 24.0 Å². The molecule has 12 atom stereocenters. The number of allylic oxidation sites excluding steroid dienone is 1. The van der Waals surface area contributed by atoms with Gasteiger partial charge in [-0.05, 0) is 115 Å². The Hall–Kier alpha value is -5.18. The standard InChI is InChI=1S/C54H82N8O11S/c1-30(2)17-18-44-53(9,73-44)46-33(7)43(19-21-54(46)29-71-54)72-52(69)62-42(32(5)6)28-70-51(68)34(8)58-50(67)41(25-35-26-56-37-15-12-11-14-36(35)37)61-49(66)39(20-23-74-10)59-45(63)27-57-47(64)40(24-31(3)4)60-48(65)38-16-13-22-55-38/h11-12,14-15,17,26,31-34,38-44,46,55-56H,13,16,18-25,27-29H2,1-10H3,(H,57,64)(H,58,67)(H,59,63)(H,60,65)(H,61,66)(H,62,69)/t33-,34+,38+,39+,40+,41+,42+,43-,44-,46?,53?,54+/m1/s1. The van der Waals surface area contributed by atoms with E-state index in [1.54, 1.807) is 6.20 Å². The summed E-state index contributed by atoms with van der Waals surface area (Å²) >= 11 is 1.46. The molecule has 20 heteroatoms. The molecule has 6 amide bonds. The van der Waals surface area contributed by atoms with E-state index in [1.165, 1.54) is 24.3 Å². The number of nitrogens with one attached hydrogen (secondary N) is 8. The van der Waals surface area contributed by atoms with Gasteiger partial charge in [0.15, 0.2) is 0 Å². The van der Waals surface area contributed by atoms with Gasteiger partial charge in [0.2, 0.25) is 29.5 Å². The number of hydrogen-bond acceptors (Lipinski definition) is 13. The van der Waals surface area contributed by atoms with Crippen molar-refractivity contribution in [3.8, 4) is 0 Å². The molecule has 0 bridgehead atoms. The molecule has 410 valence electrons. The van der Waals surface area contributed by atoms with E-state index in [2.05, 4.69) is 76.0 Å². The van der Waals surface area contributed by atoms with Crippen molar-refractivity contribution in [1.82, 2.24) is 42.2 Å². The fourth-order valence-corrected chi connectivity index (χ4v) is 11.1. The molecule has 3 aliphatic heterocycles. The van der Waals surface area contributed by atoms with E-state index in [0.29, 0.717) is 31.6 Å². The normalized spacial score (nSPS) is 26.0. The molecule has 0 radical (unpaired) electrons. The summed E-state index contributed by atoms with van der Waals surface area (Å²) in [5, 5.41) is 20.6. The number of fused-ring (bicyclic) bond motifs is 1. The number of carbonyl (C=O) groups excluding carboxylic acids is 7. The highest BCUT2D eigenvalue weighted by Crippen LogP contribution is 2.61. The number of benzene rings is 1. The largest absolute Gasteiger partial charge is 0.462 e. The lowest BCUT2D eigenvalue weighted by Gasteiger charge is -2.42. The third-order valence-corrected chi connectivity index (χ3v) is 15.6. The summed E-state index contributed by atoms with van der Waals surface area (Å²) < 4.78 is 24.2. The number of ether oxygens (including phenoxy) is 4. The highest BCUT2D eigenvalue weighted by atomic mass is 32.2. The fraction of sp³-hybridized carbons (Fsp3) is 0.685. The van der Waals surface area contributed by atoms with Crippen molar-refractivity contribution < 1.29 is 52.5 Å². The smallest absolute Gasteiger partial charge is 0.407 e. The van der Waals surface area contributed by atoms with Crippen molar-refractivity contribution in [2.45, 2.75) is 173 Å². The average Bonchev–Trinajstić information content (AvgIpc) is 4.08. The van der Waals surface area contributed by atoms with Crippen LogP contribution in [0.1, 0.15) is 113 Å². The van der Waals surface area contributed by atoms with E-state index < -0.39 is 72.4 Å². The van der Waals surface area contributed by atoms with E-state index in [9.17, 15) is 33.6 Å². The Balaban J connectivity index is 1.05. The van der Waals surface area contributed by atoms with Crippen LogP contribution in [0.25, 0.3) is 10.9 Å². The molecule has 4 heterocycles. The van der Waals surface area contributed by atoms with Gasteiger partial charge in [-0.1, -0.05) is 64.5 Å². The first-order valence-electron chi connectivity index (χ1n) is 26.5. The molecule has 2 aromatic rings. The molecule has 6 rings (SSSR count). The quantitative estimate of drug-likeness (QED) is 0.0371. The number of aromatic nitrogens is 1. The Morgan fingerprint density at radius 1 is 0.919 bits per heavy atom. The van der Waals surface area contributed by atoms with Crippen LogP contribution in [0.2, 0.25) is 0 Å². The molecule has 4 fully saturated rings. The number of para-hydroxylation sites is 1. The van der Waals surface area contributed by atoms with Gasteiger partial charge < -0.3 is 61.1 Å². The Labute approximate surface area is 440 Å². The molecule has 1 aromatic carbocycles. The highest BCUT2D eigenvalue weighted by molar-refractivity contribution is 7.98.